The average molecular weight is 402 g/mol. The molecular formula is C21H18N6O3. The van der Waals surface area contributed by atoms with Gasteiger partial charge in [0.1, 0.15) is 12.7 Å². The standard InChI is InChI=1S/C21H18N6O3/c1-2-30-21(29)18-10-11-26(25-18)19-9-4-3-8-17(19)24-20(28)15-6-5-7-16(12-15)27-14-22-13-23-27/h3-14H,2H2,1H3,(H,24,28). The van der Waals surface area contributed by atoms with Gasteiger partial charge in [-0.25, -0.2) is 19.1 Å². The van der Waals surface area contributed by atoms with E-state index in [1.165, 1.54) is 11.0 Å². The maximum absolute atomic E-state index is 12.9. The van der Waals surface area contributed by atoms with Crippen molar-refractivity contribution in [2.24, 2.45) is 0 Å². The van der Waals surface area contributed by atoms with Crippen molar-refractivity contribution in [3.63, 3.8) is 0 Å². The third-order valence-electron chi connectivity index (χ3n) is 4.26. The van der Waals surface area contributed by atoms with E-state index >= 15 is 0 Å². The Kier molecular flexibility index (Phi) is 5.33. The number of carbonyl (C=O) groups excluding carboxylic acids is 2. The minimum atomic E-state index is -0.498. The second-order valence-corrected chi connectivity index (χ2v) is 6.23. The van der Waals surface area contributed by atoms with Crippen molar-refractivity contribution < 1.29 is 14.3 Å². The van der Waals surface area contributed by atoms with Crippen molar-refractivity contribution in [1.82, 2.24) is 24.5 Å². The van der Waals surface area contributed by atoms with Crippen LogP contribution in [0.1, 0.15) is 27.8 Å². The molecule has 150 valence electrons. The summed E-state index contributed by atoms with van der Waals surface area (Å²) in [4.78, 5) is 28.7. The molecule has 0 aliphatic carbocycles. The van der Waals surface area contributed by atoms with Crippen LogP contribution in [0.3, 0.4) is 0 Å². The largest absolute Gasteiger partial charge is 0.461 e. The normalized spacial score (nSPS) is 10.6. The molecule has 0 atom stereocenters. The summed E-state index contributed by atoms with van der Waals surface area (Å²) in [6, 6.07) is 15.8. The van der Waals surface area contributed by atoms with Crippen LogP contribution in [-0.2, 0) is 4.74 Å². The van der Waals surface area contributed by atoms with Crippen LogP contribution in [-0.4, -0.2) is 43.0 Å². The maximum Gasteiger partial charge on any atom is 0.358 e. The first-order chi connectivity index (χ1) is 14.7. The number of nitrogens with one attached hydrogen (secondary N) is 1. The van der Waals surface area contributed by atoms with Crippen molar-refractivity contribution >= 4 is 17.6 Å². The number of aromatic nitrogens is 5. The van der Waals surface area contributed by atoms with Gasteiger partial charge in [-0.3, -0.25) is 4.79 Å². The number of para-hydroxylation sites is 2. The van der Waals surface area contributed by atoms with E-state index in [1.807, 2.05) is 12.1 Å². The molecule has 9 heteroatoms. The van der Waals surface area contributed by atoms with E-state index in [0.717, 1.165) is 5.69 Å². The summed E-state index contributed by atoms with van der Waals surface area (Å²) in [6.45, 7) is 2.00. The molecule has 0 unspecified atom stereocenters. The zero-order valence-corrected chi connectivity index (χ0v) is 16.1. The summed E-state index contributed by atoms with van der Waals surface area (Å²) in [5.41, 5.74) is 2.55. The fourth-order valence-corrected chi connectivity index (χ4v) is 2.88. The highest BCUT2D eigenvalue weighted by molar-refractivity contribution is 6.05. The minimum absolute atomic E-state index is 0.193. The van der Waals surface area contributed by atoms with Gasteiger partial charge in [0.2, 0.25) is 0 Å². The Morgan fingerprint density at radius 3 is 2.73 bits per heavy atom. The number of esters is 1. The van der Waals surface area contributed by atoms with Gasteiger partial charge in [-0.1, -0.05) is 18.2 Å². The maximum atomic E-state index is 12.9. The van der Waals surface area contributed by atoms with E-state index in [0.29, 0.717) is 16.9 Å². The fraction of sp³-hybridized carbons (Fsp3) is 0.0952. The van der Waals surface area contributed by atoms with E-state index in [1.54, 1.807) is 66.6 Å². The lowest BCUT2D eigenvalue weighted by molar-refractivity contribution is 0.0519. The Balaban J connectivity index is 1.59. The summed E-state index contributed by atoms with van der Waals surface area (Å²) in [5, 5.41) is 11.2. The zero-order valence-electron chi connectivity index (χ0n) is 16.1. The first-order valence-corrected chi connectivity index (χ1v) is 9.24. The van der Waals surface area contributed by atoms with Gasteiger partial charge in [0.25, 0.3) is 5.91 Å². The molecule has 0 radical (unpaired) electrons. The van der Waals surface area contributed by atoms with Crippen molar-refractivity contribution in [2.45, 2.75) is 6.92 Å². The Morgan fingerprint density at radius 1 is 1.07 bits per heavy atom. The summed E-state index contributed by atoms with van der Waals surface area (Å²) in [6.07, 6.45) is 4.63. The molecule has 9 nitrogen and oxygen atoms in total. The van der Waals surface area contributed by atoms with Crippen molar-refractivity contribution in [1.29, 1.82) is 0 Å². The number of ether oxygens (including phenoxy) is 1. The van der Waals surface area contributed by atoms with Crippen LogP contribution >= 0.6 is 0 Å². The van der Waals surface area contributed by atoms with Gasteiger partial charge in [-0.15, -0.1) is 0 Å². The third-order valence-corrected chi connectivity index (χ3v) is 4.26. The molecule has 0 bridgehead atoms. The lowest BCUT2D eigenvalue weighted by Gasteiger charge is -2.11. The van der Waals surface area contributed by atoms with Gasteiger partial charge < -0.3 is 10.1 Å². The molecular weight excluding hydrogens is 384 g/mol. The van der Waals surface area contributed by atoms with E-state index in [2.05, 4.69) is 20.5 Å². The molecule has 30 heavy (non-hydrogen) atoms. The topological polar surface area (TPSA) is 104 Å². The van der Waals surface area contributed by atoms with Crippen molar-refractivity contribution in [3.8, 4) is 11.4 Å². The molecule has 0 saturated heterocycles. The predicted molar refractivity (Wildman–Crippen MR) is 109 cm³/mol. The second-order valence-electron chi connectivity index (χ2n) is 6.23. The van der Waals surface area contributed by atoms with Gasteiger partial charge in [-0.2, -0.15) is 10.2 Å². The number of hydrogen-bond donors (Lipinski definition) is 1. The van der Waals surface area contributed by atoms with Crippen LogP contribution in [0, 0.1) is 0 Å². The van der Waals surface area contributed by atoms with Crippen LogP contribution in [0.4, 0.5) is 5.69 Å². The highest BCUT2D eigenvalue weighted by atomic mass is 16.5. The molecule has 2 aromatic heterocycles. The van der Waals surface area contributed by atoms with Gasteiger partial charge in [0.05, 0.1) is 23.7 Å². The first kappa shape index (κ1) is 19.1. The average Bonchev–Trinajstić information content (AvgIpc) is 3.47. The van der Waals surface area contributed by atoms with Crippen LogP contribution in [0.5, 0.6) is 0 Å². The van der Waals surface area contributed by atoms with E-state index in [4.69, 9.17) is 4.74 Å². The molecule has 4 aromatic rings. The van der Waals surface area contributed by atoms with E-state index in [-0.39, 0.29) is 18.2 Å². The van der Waals surface area contributed by atoms with Crippen LogP contribution in [0.2, 0.25) is 0 Å². The van der Waals surface area contributed by atoms with E-state index < -0.39 is 5.97 Å². The summed E-state index contributed by atoms with van der Waals surface area (Å²) in [7, 11) is 0. The fourth-order valence-electron chi connectivity index (χ4n) is 2.88. The van der Waals surface area contributed by atoms with Gasteiger partial charge in [-0.05, 0) is 43.3 Å². The smallest absolute Gasteiger partial charge is 0.358 e. The Bertz CT molecular complexity index is 1180. The molecule has 0 spiro atoms. The van der Waals surface area contributed by atoms with Gasteiger partial charge in [0, 0.05) is 11.8 Å². The van der Waals surface area contributed by atoms with E-state index in [9.17, 15) is 9.59 Å². The minimum Gasteiger partial charge on any atom is -0.461 e. The second kappa shape index (κ2) is 8.39. The molecule has 0 fully saturated rings. The number of nitrogens with zero attached hydrogens (tertiary/aromatic N) is 5. The predicted octanol–water partition coefficient (Wildman–Crippen LogP) is 2.88. The number of rotatable bonds is 6. The monoisotopic (exact) mass is 402 g/mol. The molecule has 1 N–H and O–H groups in total. The van der Waals surface area contributed by atoms with Crippen LogP contribution in [0.15, 0.2) is 73.4 Å². The van der Waals surface area contributed by atoms with Gasteiger partial charge >= 0.3 is 5.97 Å². The number of carbonyl (C=O) groups is 2. The highest BCUT2D eigenvalue weighted by Crippen LogP contribution is 2.21. The highest BCUT2D eigenvalue weighted by Gasteiger charge is 2.15. The van der Waals surface area contributed by atoms with Gasteiger partial charge in [0.15, 0.2) is 5.69 Å². The van der Waals surface area contributed by atoms with Crippen LogP contribution < -0.4 is 5.32 Å². The lowest BCUT2D eigenvalue weighted by Crippen LogP contribution is -2.14. The number of amides is 1. The summed E-state index contributed by atoms with van der Waals surface area (Å²) in [5.74, 6) is -0.787. The summed E-state index contributed by atoms with van der Waals surface area (Å²) >= 11 is 0. The molecule has 0 aliphatic rings. The Labute approximate surface area is 171 Å². The zero-order chi connectivity index (χ0) is 20.9. The number of benzene rings is 2. The molecule has 2 heterocycles. The third kappa shape index (κ3) is 3.95. The summed E-state index contributed by atoms with van der Waals surface area (Å²) < 4.78 is 8.07. The SMILES string of the molecule is CCOC(=O)c1ccn(-c2ccccc2NC(=O)c2cccc(-n3cncn3)c2)n1. The van der Waals surface area contributed by atoms with Crippen molar-refractivity contribution in [2.75, 3.05) is 11.9 Å². The molecule has 0 aliphatic heterocycles. The van der Waals surface area contributed by atoms with Crippen LogP contribution in [0.25, 0.3) is 11.4 Å². The quantitative estimate of drug-likeness (QED) is 0.498. The molecule has 4 rings (SSSR count). The lowest BCUT2D eigenvalue weighted by atomic mass is 10.1. The first-order valence-electron chi connectivity index (χ1n) is 9.24. The number of anilines is 1. The van der Waals surface area contributed by atoms with Crippen molar-refractivity contribution in [3.05, 3.63) is 84.7 Å². The number of hydrogen-bond acceptors (Lipinski definition) is 6. The molecule has 2 aromatic carbocycles. The molecule has 1 amide bonds. The Hall–Kier alpha value is -4.27. The Morgan fingerprint density at radius 2 is 1.93 bits per heavy atom. The molecule has 0 saturated carbocycles.